The first-order valence-corrected chi connectivity index (χ1v) is 10.7. The second-order valence-electron chi connectivity index (χ2n) is 8.38. The normalized spacial score (nSPS) is 22.0. The van der Waals surface area contributed by atoms with Crippen LogP contribution in [0.3, 0.4) is 0 Å². The quantitative estimate of drug-likeness (QED) is 0.380. The molecule has 0 atom stereocenters. The largest absolute Gasteiger partial charge is 0.496 e. The first-order chi connectivity index (χ1) is 14.7. The molecule has 3 aromatic carbocycles. The van der Waals surface area contributed by atoms with Crippen molar-refractivity contribution in [2.24, 2.45) is 5.92 Å². The molecule has 3 nitrogen and oxygen atoms in total. The smallest absolute Gasteiger partial charge is 0.225 e. The molecule has 7 rings (SSSR count). The van der Waals surface area contributed by atoms with E-state index in [1.807, 2.05) is 0 Å². The van der Waals surface area contributed by atoms with Crippen molar-refractivity contribution in [2.45, 2.75) is 24.7 Å². The second-order valence-corrected chi connectivity index (χ2v) is 8.76. The summed E-state index contributed by atoms with van der Waals surface area (Å²) in [6.45, 7) is 0. The fraction of sp³-hybridized carbons (Fsp3) is 0.269. The molecule has 4 aliphatic carbocycles. The third kappa shape index (κ3) is 2.14. The fourth-order valence-electron chi connectivity index (χ4n) is 6.07. The van der Waals surface area contributed by atoms with Gasteiger partial charge < -0.3 is 9.47 Å². The second kappa shape index (κ2) is 6.36. The maximum atomic E-state index is 12.0. The van der Waals surface area contributed by atoms with E-state index in [0.717, 1.165) is 22.6 Å². The highest BCUT2D eigenvalue weighted by molar-refractivity contribution is 6.64. The number of rotatable bonds is 3. The van der Waals surface area contributed by atoms with E-state index in [0.29, 0.717) is 12.8 Å². The zero-order valence-electron chi connectivity index (χ0n) is 16.9. The summed E-state index contributed by atoms with van der Waals surface area (Å²) in [4.78, 5) is 12.0. The summed E-state index contributed by atoms with van der Waals surface area (Å²) in [5.74, 6) is 1.77. The molecule has 0 aliphatic heterocycles. The van der Waals surface area contributed by atoms with E-state index < -0.39 is 0 Å². The summed E-state index contributed by atoms with van der Waals surface area (Å²) < 4.78 is 12.1. The van der Waals surface area contributed by atoms with E-state index in [1.54, 1.807) is 14.2 Å². The third-order valence-electron chi connectivity index (χ3n) is 7.14. The molecule has 0 N–H and O–H groups in total. The number of hydrogen-bond acceptors (Lipinski definition) is 3. The van der Waals surface area contributed by atoms with Crippen molar-refractivity contribution in [3.05, 3.63) is 93.0 Å². The van der Waals surface area contributed by atoms with Crippen LogP contribution in [0.15, 0.2) is 48.5 Å². The molecule has 0 radical (unpaired) electrons. The molecule has 0 fully saturated rings. The van der Waals surface area contributed by atoms with E-state index in [2.05, 4.69) is 48.5 Å². The number of hydrogen-bond donors (Lipinski definition) is 0. The van der Waals surface area contributed by atoms with Crippen molar-refractivity contribution in [1.29, 1.82) is 0 Å². The lowest BCUT2D eigenvalue weighted by atomic mass is 9.60. The van der Waals surface area contributed by atoms with Crippen LogP contribution >= 0.6 is 11.6 Å². The van der Waals surface area contributed by atoms with E-state index in [9.17, 15) is 4.79 Å². The SMILES string of the molecule is COc1c2c(c(OC)c3c1C1c4ccccc4C3c3ccccc31)CC(C(=O)Cl)C2. The lowest BCUT2D eigenvalue weighted by Crippen LogP contribution is -2.29. The lowest BCUT2D eigenvalue weighted by molar-refractivity contribution is -0.114. The summed E-state index contributed by atoms with van der Waals surface area (Å²) >= 11 is 5.92. The highest BCUT2D eigenvalue weighted by atomic mass is 35.5. The molecule has 0 aromatic heterocycles. The average Bonchev–Trinajstić information content (AvgIpc) is 3.22. The van der Waals surface area contributed by atoms with E-state index >= 15 is 0 Å². The summed E-state index contributed by atoms with van der Waals surface area (Å²) in [6, 6.07) is 17.4. The van der Waals surface area contributed by atoms with Gasteiger partial charge in [-0.3, -0.25) is 4.79 Å². The number of ether oxygens (including phenoxy) is 2. The maximum absolute atomic E-state index is 12.0. The Bertz CT molecular complexity index is 1090. The molecule has 0 heterocycles. The van der Waals surface area contributed by atoms with Gasteiger partial charge in [-0.15, -0.1) is 0 Å². The Labute approximate surface area is 180 Å². The number of methoxy groups -OCH3 is 2. The van der Waals surface area contributed by atoms with Crippen molar-refractivity contribution in [3.63, 3.8) is 0 Å². The van der Waals surface area contributed by atoms with Gasteiger partial charge in [-0.05, 0) is 46.7 Å². The highest BCUT2D eigenvalue weighted by Crippen LogP contribution is 2.62. The molecule has 0 amide bonds. The van der Waals surface area contributed by atoms with Gasteiger partial charge in [0.15, 0.2) is 0 Å². The van der Waals surface area contributed by atoms with Crippen molar-refractivity contribution in [1.82, 2.24) is 0 Å². The predicted octanol–water partition coefficient (Wildman–Crippen LogP) is 5.17. The molecule has 0 saturated heterocycles. The summed E-state index contributed by atoms with van der Waals surface area (Å²) in [5, 5.41) is -0.289. The first kappa shape index (κ1) is 18.0. The number of benzene rings is 3. The van der Waals surface area contributed by atoms with Crippen LogP contribution in [-0.4, -0.2) is 19.5 Å². The summed E-state index contributed by atoms with van der Waals surface area (Å²) in [7, 11) is 3.47. The first-order valence-electron chi connectivity index (χ1n) is 10.3. The standard InChI is InChI=1S/C26H21ClO3/c1-29-24-18-11-13(26(27)28)12-19(18)25(30-2)23-21-16-9-5-3-7-14(16)20(22(23)24)15-8-4-6-10-17(15)21/h3-10,13,20-21H,11-12H2,1-2H3. The maximum Gasteiger partial charge on any atom is 0.225 e. The topological polar surface area (TPSA) is 35.5 Å². The Morgan fingerprint density at radius 1 is 0.767 bits per heavy atom. The zero-order valence-corrected chi connectivity index (χ0v) is 17.6. The van der Waals surface area contributed by atoms with E-state index in [1.165, 1.54) is 33.4 Å². The minimum atomic E-state index is -0.289. The fourth-order valence-corrected chi connectivity index (χ4v) is 6.23. The van der Waals surface area contributed by atoms with Gasteiger partial charge in [0.05, 0.1) is 14.2 Å². The molecule has 150 valence electrons. The van der Waals surface area contributed by atoms with Crippen molar-refractivity contribution in [2.75, 3.05) is 14.2 Å². The number of fused-ring (bicyclic) bond motifs is 1. The lowest BCUT2D eigenvalue weighted by Gasteiger charge is -2.44. The molecule has 0 unspecified atom stereocenters. The Kier molecular flexibility index (Phi) is 3.82. The van der Waals surface area contributed by atoms with Crippen LogP contribution in [-0.2, 0) is 17.6 Å². The van der Waals surface area contributed by atoms with Gasteiger partial charge in [-0.25, -0.2) is 0 Å². The molecule has 3 aromatic rings. The molecule has 2 bridgehead atoms. The predicted molar refractivity (Wildman–Crippen MR) is 116 cm³/mol. The van der Waals surface area contributed by atoms with Gasteiger partial charge in [0.2, 0.25) is 5.24 Å². The van der Waals surface area contributed by atoms with E-state index in [-0.39, 0.29) is 23.0 Å². The minimum Gasteiger partial charge on any atom is -0.496 e. The number of halogens is 1. The van der Waals surface area contributed by atoms with Crippen LogP contribution in [0, 0.1) is 5.92 Å². The molecule has 30 heavy (non-hydrogen) atoms. The highest BCUT2D eigenvalue weighted by Gasteiger charge is 2.47. The van der Waals surface area contributed by atoms with Crippen LogP contribution in [0.5, 0.6) is 11.5 Å². The van der Waals surface area contributed by atoms with Crippen LogP contribution in [0.25, 0.3) is 0 Å². The van der Waals surface area contributed by atoms with E-state index in [4.69, 9.17) is 21.1 Å². The molecule has 4 aliphatic rings. The van der Waals surface area contributed by atoms with Gasteiger partial charge >= 0.3 is 0 Å². The van der Waals surface area contributed by atoms with Gasteiger partial charge in [-0.1, -0.05) is 48.5 Å². The molecule has 0 spiro atoms. The summed E-state index contributed by atoms with van der Waals surface area (Å²) in [6.07, 6.45) is 1.20. The van der Waals surface area contributed by atoms with Gasteiger partial charge in [-0.2, -0.15) is 0 Å². The molecular weight excluding hydrogens is 396 g/mol. The van der Waals surface area contributed by atoms with Gasteiger partial charge in [0.1, 0.15) is 11.5 Å². The van der Waals surface area contributed by atoms with Crippen molar-refractivity contribution >= 4 is 16.8 Å². The van der Waals surface area contributed by atoms with Crippen LogP contribution in [0.4, 0.5) is 0 Å². The Balaban J connectivity index is 1.72. The van der Waals surface area contributed by atoms with Crippen LogP contribution < -0.4 is 9.47 Å². The van der Waals surface area contributed by atoms with Gasteiger partial charge in [0, 0.05) is 40.0 Å². The monoisotopic (exact) mass is 416 g/mol. The number of carbonyl (C=O) groups excluding carboxylic acids is 1. The Morgan fingerprint density at radius 3 is 1.43 bits per heavy atom. The van der Waals surface area contributed by atoms with Crippen LogP contribution in [0.1, 0.15) is 56.3 Å². The Morgan fingerprint density at radius 2 is 1.13 bits per heavy atom. The van der Waals surface area contributed by atoms with Crippen molar-refractivity contribution < 1.29 is 14.3 Å². The zero-order chi connectivity index (χ0) is 20.6. The Hall–Kier alpha value is -2.78. The number of carbonyl (C=O) groups is 1. The van der Waals surface area contributed by atoms with Crippen LogP contribution in [0.2, 0.25) is 0 Å². The average molecular weight is 417 g/mol. The molecular formula is C26H21ClO3. The van der Waals surface area contributed by atoms with Crippen molar-refractivity contribution in [3.8, 4) is 11.5 Å². The molecule has 4 heteroatoms. The minimum absolute atomic E-state index is 0.0947. The third-order valence-corrected chi connectivity index (χ3v) is 7.44. The van der Waals surface area contributed by atoms with Gasteiger partial charge in [0.25, 0.3) is 0 Å². The summed E-state index contributed by atoms with van der Waals surface area (Å²) in [5.41, 5.74) is 9.86. The molecule has 0 saturated carbocycles.